The number of aromatic amines is 1. The summed E-state index contributed by atoms with van der Waals surface area (Å²) in [6.45, 7) is 4.55. The number of amides is 2. The third-order valence-corrected chi connectivity index (χ3v) is 10.2. The molecule has 2 bridgehead atoms. The van der Waals surface area contributed by atoms with Gasteiger partial charge in [-0.2, -0.15) is 0 Å². The monoisotopic (exact) mass is 510 g/mol. The first-order chi connectivity index (χ1) is 18.6. The van der Waals surface area contributed by atoms with E-state index in [0.717, 1.165) is 81.3 Å². The third-order valence-electron chi connectivity index (χ3n) is 10.2. The molecule has 0 saturated carbocycles. The van der Waals surface area contributed by atoms with Crippen molar-refractivity contribution in [1.82, 2.24) is 20.1 Å². The molecule has 198 valence electrons. The van der Waals surface area contributed by atoms with Gasteiger partial charge in [0.15, 0.2) is 0 Å². The fourth-order valence-corrected chi connectivity index (χ4v) is 7.92. The molecular weight excluding hydrogens is 472 g/mol. The molecule has 0 radical (unpaired) electrons. The van der Waals surface area contributed by atoms with E-state index in [9.17, 15) is 9.59 Å². The van der Waals surface area contributed by atoms with Crippen molar-refractivity contribution in [3.05, 3.63) is 71.4 Å². The molecule has 2 aromatic carbocycles. The van der Waals surface area contributed by atoms with Crippen LogP contribution in [0.2, 0.25) is 0 Å². The number of carbonyl (C=O) groups excluding carboxylic acids is 2. The van der Waals surface area contributed by atoms with Gasteiger partial charge in [0.1, 0.15) is 6.04 Å². The Morgan fingerprint density at radius 3 is 2.53 bits per heavy atom. The minimum atomic E-state index is -0.540. The van der Waals surface area contributed by atoms with Crippen molar-refractivity contribution in [2.75, 3.05) is 32.7 Å². The van der Waals surface area contributed by atoms with Gasteiger partial charge in [-0.25, -0.2) is 0 Å². The van der Waals surface area contributed by atoms with Crippen molar-refractivity contribution in [2.45, 2.75) is 56.4 Å². The number of fused-ring (bicyclic) bond motifs is 6. The number of hydrogen-bond acceptors (Lipinski definition) is 3. The van der Waals surface area contributed by atoms with E-state index in [0.29, 0.717) is 12.3 Å². The van der Waals surface area contributed by atoms with Gasteiger partial charge in [-0.1, -0.05) is 42.5 Å². The van der Waals surface area contributed by atoms with Crippen LogP contribution < -0.4 is 5.32 Å². The van der Waals surface area contributed by atoms with Crippen LogP contribution >= 0.6 is 0 Å². The summed E-state index contributed by atoms with van der Waals surface area (Å²) in [5, 5.41) is 4.40. The number of nitrogens with one attached hydrogen (secondary N) is 2. The SMILES string of the molecule is O=C(N[C@H](Cc1c[nH]c2ccccc12)C(=O)N1CCC2(CCc3ccccc32)CC1)[C@H]1CN2CCC1CC2. The zero-order valence-electron chi connectivity index (χ0n) is 22.1. The number of aromatic nitrogens is 1. The number of piperidine rings is 4. The number of H-pyrrole nitrogens is 1. The largest absolute Gasteiger partial charge is 0.361 e. The molecule has 4 aliphatic heterocycles. The lowest BCUT2D eigenvalue weighted by atomic mass is 9.73. The number of para-hydroxylation sites is 1. The lowest BCUT2D eigenvalue weighted by molar-refractivity contribution is -0.140. The number of hydrogen-bond donors (Lipinski definition) is 2. The van der Waals surface area contributed by atoms with Crippen molar-refractivity contribution < 1.29 is 9.59 Å². The van der Waals surface area contributed by atoms with E-state index in [1.165, 1.54) is 17.5 Å². The maximum absolute atomic E-state index is 14.1. The van der Waals surface area contributed by atoms with Gasteiger partial charge in [0.05, 0.1) is 5.92 Å². The zero-order chi connectivity index (χ0) is 25.7. The van der Waals surface area contributed by atoms with E-state index in [2.05, 4.69) is 51.6 Å². The minimum absolute atomic E-state index is 0.00427. The smallest absolute Gasteiger partial charge is 0.245 e. The maximum Gasteiger partial charge on any atom is 0.245 e. The lowest BCUT2D eigenvalue weighted by Crippen LogP contribution is -2.57. The van der Waals surface area contributed by atoms with Gasteiger partial charge in [0.2, 0.25) is 11.8 Å². The zero-order valence-corrected chi connectivity index (χ0v) is 22.1. The molecule has 8 rings (SSSR count). The van der Waals surface area contributed by atoms with Crippen LogP contribution in [-0.2, 0) is 27.8 Å². The summed E-state index contributed by atoms with van der Waals surface area (Å²) in [4.78, 5) is 35.5. The van der Waals surface area contributed by atoms with Gasteiger partial charge in [0, 0.05) is 43.2 Å². The number of likely N-dealkylation sites (tertiary alicyclic amines) is 1. The number of rotatable bonds is 5. The Morgan fingerprint density at radius 2 is 1.74 bits per heavy atom. The molecule has 1 aliphatic carbocycles. The normalized spacial score (nSPS) is 26.4. The summed E-state index contributed by atoms with van der Waals surface area (Å²) in [5.74, 6) is 0.582. The van der Waals surface area contributed by atoms with Crippen LogP contribution in [0, 0.1) is 11.8 Å². The molecule has 3 aromatic rings. The van der Waals surface area contributed by atoms with Gasteiger partial charge in [-0.15, -0.1) is 0 Å². The predicted octanol–water partition coefficient (Wildman–Crippen LogP) is 4.04. The van der Waals surface area contributed by atoms with Gasteiger partial charge in [-0.05, 0) is 85.7 Å². The number of carbonyl (C=O) groups is 2. The Hall–Kier alpha value is -3.12. The standard InChI is InChI=1S/C32H38N4O2/c37-30(26-21-35-15-10-22(26)11-16-35)34-29(19-24-20-33-28-8-4-2-6-25(24)28)31(38)36-17-13-32(14-18-36)12-9-23-5-1-3-7-27(23)32/h1-8,20,22,26,29,33H,9-19,21H2,(H,34,37)/t26-,29+/m0/s1. The van der Waals surface area contributed by atoms with Crippen molar-refractivity contribution in [1.29, 1.82) is 0 Å². The highest BCUT2D eigenvalue weighted by molar-refractivity contribution is 5.90. The van der Waals surface area contributed by atoms with Gasteiger partial charge >= 0.3 is 0 Å². The summed E-state index contributed by atoms with van der Waals surface area (Å²) in [5.41, 5.74) is 5.34. The Bertz CT molecular complexity index is 1350. The molecule has 6 nitrogen and oxygen atoms in total. The molecule has 38 heavy (non-hydrogen) atoms. The van der Waals surface area contributed by atoms with Gasteiger partial charge in [0.25, 0.3) is 0 Å². The molecule has 4 saturated heterocycles. The molecule has 1 aromatic heterocycles. The highest BCUT2D eigenvalue weighted by Crippen LogP contribution is 2.46. The second-order valence-corrected chi connectivity index (χ2v) is 12.1. The van der Waals surface area contributed by atoms with E-state index in [1.807, 2.05) is 23.2 Å². The van der Waals surface area contributed by atoms with Crippen molar-refractivity contribution >= 4 is 22.7 Å². The van der Waals surface area contributed by atoms with E-state index in [-0.39, 0.29) is 23.1 Å². The molecule has 4 fully saturated rings. The summed E-state index contributed by atoms with van der Waals surface area (Å²) >= 11 is 0. The summed E-state index contributed by atoms with van der Waals surface area (Å²) in [6.07, 6.45) is 9.04. The van der Waals surface area contributed by atoms with Crippen molar-refractivity contribution in [3.63, 3.8) is 0 Å². The Morgan fingerprint density at radius 1 is 0.974 bits per heavy atom. The van der Waals surface area contributed by atoms with Crippen molar-refractivity contribution in [3.8, 4) is 0 Å². The molecule has 0 unspecified atom stereocenters. The van der Waals surface area contributed by atoms with Crippen LogP contribution in [0.5, 0.6) is 0 Å². The first-order valence-corrected chi connectivity index (χ1v) is 14.5. The molecule has 5 heterocycles. The third kappa shape index (κ3) is 4.14. The molecule has 2 atom stereocenters. The fourth-order valence-electron chi connectivity index (χ4n) is 7.92. The van der Waals surface area contributed by atoms with Crippen LogP contribution in [0.1, 0.15) is 48.8 Å². The number of benzene rings is 2. The average molecular weight is 511 g/mol. The van der Waals surface area contributed by atoms with Crippen LogP contribution in [0.4, 0.5) is 0 Å². The second kappa shape index (κ2) is 9.57. The van der Waals surface area contributed by atoms with Gasteiger partial charge in [-0.3, -0.25) is 9.59 Å². The summed E-state index contributed by atoms with van der Waals surface area (Å²) in [7, 11) is 0. The molecule has 2 N–H and O–H groups in total. The summed E-state index contributed by atoms with van der Waals surface area (Å²) < 4.78 is 0. The first kappa shape index (κ1) is 24.0. The average Bonchev–Trinajstić information content (AvgIpc) is 3.55. The number of aryl methyl sites for hydroxylation is 1. The lowest BCUT2D eigenvalue weighted by Gasteiger charge is -2.44. The van der Waals surface area contributed by atoms with E-state index >= 15 is 0 Å². The van der Waals surface area contributed by atoms with E-state index in [4.69, 9.17) is 0 Å². The van der Waals surface area contributed by atoms with Crippen LogP contribution in [0.15, 0.2) is 54.7 Å². The molecule has 6 heteroatoms. The molecule has 1 spiro atoms. The molecular formula is C32H38N4O2. The highest BCUT2D eigenvalue weighted by Gasteiger charge is 2.43. The predicted molar refractivity (Wildman–Crippen MR) is 149 cm³/mol. The van der Waals surface area contributed by atoms with Crippen LogP contribution in [0.3, 0.4) is 0 Å². The van der Waals surface area contributed by atoms with Gasteiger partial charge < -0.3 is 20.1 Å². The van der Waals surface area contributed by atoms with Crippen LogP contribution in [-0.4, -0.2) is 65.4 Å². The van der Waals surface area contributed by atoms with E-state index in [1.54, 1.807) is 0 Å². The van der Waals surface area contributed by atoms with Crippen LogP contribution in [0.25, 0.3) is 10.9 Å². The summed E-state index contributed by atoms with van der Waals surface area (Å²) in [6, 6.07) is 16.5. The quantitative estimate of drug-likeness (QED) is 0.544. The van der Waals surface area contributed by atoms with E-state index < -0.39 is 6.04 Å². The fraction of sp³-hybridized carbons (Fsp3) is 0.500. The first-order valence-electron chi connectivity index (χ1n) is 14.5. The topological polar surface area (TPSA) is 68.4 Å². The van der Waals surface area contributed by atoms with Crippen molar-refractivity contribution in [2.24, 2.45) is 11.8 Å². The Balaban J connectivity index is 1.11. The highest BCUT2D eigenvalue weighted by atomic mass is 16.2. The second-order valence-electron chi connectivity index (χ2n) is 12.1. The Labute approximate surface area is 224 Å². The molecule has 5 aliphatic rings. The Kier molecular flexibility index (Phi) is 6.03. The minimum Gasteiger partial charge on any atom is -0.361 e. The number of nitrogens with zero attached hydrogens (tertiary/aromatic N) is 2. The maximum atomic E-state index is 14.1. The molecule has 2 amide bonds.